The fraction of sp³-hybridized carbons (Fsp3) is 0.407. The number of halogens is 1. The van der Waals surface area contributed by atoms with Crippen LogP contribution in [-0.4, -0.2) is 31.7 Å². The molecule has 0 atom stereocenters. The monoisotopic (exact) mass is 543 g/mol. The molecule has 0 amide bonds. The van der Waals surface area contributed by atoms with Gasteiger partial charge in [-0.05, 0) is 66.4 Å². The van der Waals surface area contributed by atoms with E-state index < -0.39 is 5.41 Å². The number of ether oxygens (including phenoxy) is 2. The van der Waals surface area contributed by atoms with Crippen molar-refractivity contribution in [1.82, 2.24) is 5.32 Å². The lowest BCUT2D eigenvalue weighted by Crippen LogP contribution is -2.40. The quantitative estimate of drug-likeness (QED) is 0.303. The lowest BCUT2D eigenvalue weighted by atomic mass is 9.86. The summed E-state index contributed by atoms with van der Waals surface area (Å²) >= 11 is 5.44. The Kier molecular flexibility index (Phi) is 8.06. The van der Waals surface area contributed by atoms with Crippen molar-refractivity contribution >= 4 is 49.3 Å². The molecule has 4 rings (SSSR count). The molecular weight excluding hydrogens is 514 g/mol. The Labute approximate surface area is 213 Å². The Bertz CT molecular complexity index is 1180. The summed E-state index contributed by atoms with van der Waals surface area (Å²) in [5, 5.41) is 4.62. The molecule has 5 nitrogen and oxygen atoms in total. The number of esters is 2. The summed E-state index contributed by atoms with van der Waals surface area (Å²) in [6.45, 7) is 5.74. The molecule has 180 valence electrons. The van der Waals surface area contributed by atoms with E-state index in [0.717, 1.165) is 56.2 Å². The molecule has 1 aliphatic rings. The first kappa shape index (κ1) is 24.9. The summed E-state index contributed by atoms with van der Waals surface area (Å²) in [5.74, 6) is -0.379. The van der Waals surface area contributed by atoms with Gasteiger partial charge in [-0.25, -0.2) is 4.79 Å². The Hall–Kier alpha value is -2.22. The van der Waals surface area contributed by atoms with Crippen LogP contribution in [0.1, 0.15) is 55.5 Å². The number of nitrogens with one attached hydrogen (secondary N) is 1. The van der Waals surface area contributed by atoms with Gasteiger partial charge in [0.25, 0.3) is 0 Å². The average molecular weight is 545 g/mol. The summed E-state index contributed by atoms with van der Waals surface area (Å²) < 4.78 is 12.8. The number of fused-ring (bicyclic) bond motifs is 1. The van der Waals surface area contributed by atoms with Gasteiger partial charge in [0.15, 0.2) is 0 Å². The number of carbonyl (C=O) groups is 2. The largest absolute Gasteiger partial charge is 0.466 e. The first-order valence-corrected chi connectivity index (χ1v) is 13.5. The van der Waals surface area contributed by atoms with Gasteiger partial charge in [0.05, 0.1) is 29.1 Å². The highest BCUT2D eigenvalue weighted by molar-refractivity contribution is 9.10. The van der Waals surface area contributed by atoms with Crippen LogP contribution >= 0.6 is 27.3 Å². The van der Waals surface area contributed by atoms with Gasteiger partial charge in [-0.3, -0.25) is 4.79 Å². The zero-order chi connectivity index (χ0) is 24.1. The molecule has 0 saturated heterocycles. The molecule has 0 radical (unpaired) electrons. The summed E-state index contributed by atoms with van der Waals surface area (Å²) in [6.07, 6.45) is 3.92. The predicted molar refractivity (Wildman–Crippen MR) is 140 cm³/mol. The van der Waals surface area contributed by atoms with E-state index >= 15 is 0 Å². The van der Waals surface area contributed by atoms with Gasteiger partial charge in [-0.2, -0.15) is 0 Å². The number of hydrogen-bond donors (Lipinski definition) is 1. The van der Waals surface area contributed by atoms with Crippen LogP contribution in [0.3, 0.4) is 0 Å². The van der Waals surface area contributed by atoms with Gasteiger partial charge in [0.2, 0.25) is 0 Å². The molecule has 7 heteroatoms. The molecule has 34 heavy (non-hydrogen) atoms. The van der Waals surface area contributed by atoms with Crippen LogP contribution in [0.5, 0.6) is 0 Å². The maximum absolute atomic E-state index is 12.6. The molecule has 0 unspecified atom stereocenters. The maximum Gasteiger partial charge on any atom is 0.338 e. The number of rotatable bonds is 9. The van der Waals surface area contributed by atoms with E-state index in [2.05, 4.69) is 39.4 Å². The van der Waals surface area contributed by atoms with Crippen LogP contribution in [-0.2, 0) is 20.8 Å². The van der Waals surface area contributed by atoms with E-state index in [4.69, 9.17) is 9.47 Å². The SMILES string of the molecule is CCOC(=O)c1ccccc1-c1sc2ccc(CNCC3(C(=O)OCC)CCCC3)cc2c1Br. The van der Waals surface area contributed by atoms with Crippen LogP contribution in [0, 0.1) is 5.41 Å². The number of thiophene rings is 1. The molecule has 0 aliphatic heterocycles. The van der Waals surface area contributed by atoms with Crippen molar-refractivity contribution < 1.29 is 19.1 Å². The van der Waals surface area contributed by atoms with Crippen molar-refractivity contribution in [3.63, 3.8) is 0 Å². The van der Waals surface area contributed by atoms with Gasteiger partial charge < -0.3 is 14.8 Å². The third-order valence-electron chi connectivity index (χ3n) is 6.42. The van der Waals surface area contributed by atoms with Crippen molar-refractivity contribution in [2.45, 2.75) is 46.1 Å². The van der Waals surface area contributed by atoms with E-state index in [1.54, 1.807) is 11.3 Å². The minimum atomic E-state index is -0.396. The molecule has 1 N–H and O–H groups in total. The second kappa shape index (κ2) is 11.0. The second-order valence-electron chi connectivity index (χ2n) is 8.65. The average Bonchev–Trinajstić information content (AvgIpc) is 3.45. The van der Waals surface area contributed by atoms with E-state index in [0.29, 0.717) is 31.9 Å². The summed E-state index contributed by atoms with van der Waals surface area (Å²) in [6, 6.07) is 14.0. The molecule has 1 aliphatic carbocycles. The highest BCUT2D eigenvalue weighted by Gasteiger charge is 2.42. The van der Waals surface area contributed by atoms with Gasteiger partial charge >= 0.3 is 11.9 Å². The van der Waals surface area contributed by atoms with Crippen LogP contribution in [0.15, 0.2) is 46.9 Å². The van der Waals surface area contributed by atoms with Crippen molar-refractivity contribution in [2.75, 3.05) is 19.8 Å². The van der Waals surface area contributed by atoms with Crippen molar-refractivity contribution in [2.24, 2.45) is 5.41 Å². The Morgan fingerprint density at radius 3 is 2.53 bits per heavy atom. The van der Waals surface area contributed by atoms with Crippen molar-refractivity contribution in [1.29, 1.82) is 0 Å². The molecule has 1 saturated carbocycles. The molecule has 1 fully saturated rings. The molecule has 1 aromatic heterocycles. The Balaban J connectivity index is 1.54. The van der Waals surface area contributed by atoms with Crippen LogP contribution < -0.4 is 5.32 Å². The lowest BCUT2D eigenvalue weighted by molar-refractivity contribution is -0.154. The van der Waals surface area contributed by atoms with Gasteiger partial charge in [0, 0.05) is 33.2 Å². The predicted octanol–water partition coefficient (Wildman–Crippen LogP) is 6.72. The summed E-state index contributed by atoms with van der Waals surface area (Å²) in [4.78, 5) is 26.1. The maximum atomic E-state index is 12.6. The van der Waals surface area contributed by atoms with Crippen molar-refractivity contribution in [3.05, 3.63) is 58.1 Å². The molecular formula is C27H30BrNO4S. The molecule has 1 heterocycles. The third kappa shape index (κ3) is 5.07. The first-order valence-electron chi connectivity index (χ1n) is 11.8. The van der Waals surface area contributed by atoms with Crippen LogP contribution in [0.4, 0.5) is 0 Å². The third-order valence-corrected chi connectivity index (χ3v) is 8.71. The molecule has 2 aromatic carbocycles. The Morgan fingerprint density at radius 2 is 1.79 bits per heavy atom. The highest BCUT2D eigenvalue weighted by atomic mass is 79.9. The van der Waals surface area contributed by atoms with Crippen LogP contribution in [0.2, 0.25) is 0 Å². The van der Waals surface area contributed by atoms with Crippen molar-refractivity contribution in [3.8, 4) is 10.4 Å². The summed E-state index contributed by atoms with van der Waals surface area (Å²) in [5.41, 5.74) is 2.19. The normalized spacial score (nSPS) is 14.9. The number of hydrogen-bond acceptors (Lipinski definition) is 6. The zero-order valence-corrected chi connectivity index (χ0v) is 22.0. The van der Waals surface area contributed by atoms with E-state index in [-0.39, 0.29) is 11.9 Å². The van der Waals surface area contributed by atoms with E-state index in [9.17, 15) is 9.59 Å². The second-order valence-corrected chi connectivity index (χ2v) is 10.5. The number of carbonyl (C=O) groups excluding carboxylic acids is 2. The van der Waals surface area contributed by atoms with E-state index in [1.807, 2.05) is 38.1 Å². The van der Waals surface area contributed by atoms with Gasteiger partial charge in [0.1, 0.15) is 0 Å². The fourth-order valence-electron chi connectivity index (χ4n) is 4.70. The molecule has 0 bridgehead atoms. The standard InChI is InChI=1S/C27H30BrNO4S/c1-3-32-25(30)20-10-6-5-9-19(20)24-23(28)21-15-18(11-12-22(21)34-24)16-29-17-27(13-7-8-14-27)26(31)33-4-2/h5-6,9-12,15,29H,3-4,7-8,13-14,16-17H2,1-2H3. The lowest BCUT2D eigenvalue weighted by Gasteiger charge is -2.26. The molecule has 0 spiro atoms. The minimum absolute atomic E-state index is 0.0686. The van der Waals surface area contributed by atoms with Crippen LogP contribution in [0.25, 0.3) is 20.5 Å². The van der Waals surface area contributed by atoms with E-state index in [1.165, 1.54) is 0 Å². The highest BCUT2D eigenvalue weighted by Crippen LogP contribution is 2.44. The summed E-state index contributed by atoms with van der Waals surface area (Å²) in [7, 11) is 0. The van der Waals surface area contributed by atoms with Gasteiger partial charge in [-0.15, -0.1) is 11.3 Å². The minimum Gasteiger partial charge on any atom is -0.466 e. The molecule has 3 aromatic rings. The number of benzene rings is 2. The Morgan fingerprint density at radius 1 is 1.06 bits per heavy atom. The fourth-order valence-corrected chi connectivity index (χ4v) is 6.73. The topological polar surface area (TPSA) is 64.6 Å². The smallest absolute Gasteiger partial charge is 0.338 e. The van der Waals surface area contributed by atoms with Gasteiger partial charge in [-0.1, -0.05) is 37.1 Å². The first-order chi connectivity index (χ1) is 16.5. The zero-order valence-electron chi connectivity index (χ0n) is 19.6.